The smallest absolute Gasteiger partial charge is 0.341 e. The number of thiophene rings is 1. The van der Waals surface area contributed by atoms with Gasteiger partial charge in [0.2, 0.25) is 0 Å². The van der Waals surface area contributed by atoms with Gasteiger partial charge in [-0.05, 0) is 36.8 Å². The van der Waals surface area contributed by atoms with Crippen LogP contribution in [0.25, 0.3) is 11.1 Å². The average molecular weight is 370 g/mol. The van der Waals surface area contributed by atoms with Crippen molar-refractivity contribution in [2.75, 3.05) is 11.9 Å². The van der Waals surface area contributed by atoms with Gasteiger partial charge in [0.25, 0.3) is 5.91 Å². The minimum atomic E-state index is -0.551. The largest absolute Gasteiger partial charge is 0.462 e. The highest BCUT2D eigenvalue weighted by Gasteiger charge is 2.23. The van der Waals surface area contributed by atoms with Crippen molar-refractivity contribution in [1.82, 2.24) is 4.98 Å². The molecule has 0 radical (unpaired) electrons. The van der Waals surface area contributed by atoms with Crippen LogP contribution in [0.4, 0.5) is 9.39 Å². The van der Waals surface area contributed by atoms with Gasteiger partial charge >= 0.3 is 5.97 Å². The van der Waals surface area contributed by atoms with Crippen molar-refractivity contribution < 1.29 is 18.7 Å². The monoisotopic (exact) mass is 370 g/mol. The number of carbonyl (C=O) groups excluding carboxylic acids is 2. The Bertz CT molecular complexity index is 924. The summed E-state index contributed by atoms with van der Waals surface area (Å²) in [5.74, 6) is -1.35. The summed E-state index contributed by atoms with van der Waals surface area (Å²) < 4.78 is 18.3. The molecule has 0 unspecified atom stereocenters. The van der Waals surface area contributed by atoms with E-state index in [9.17, 15) is 14.0 Å². The summed E-state index contributed by atoms with van der Waals surface area (Å²) >= 11 is 1.20. The molecule has 1 amide bonds. The van der Waals surface area contributed by atoms with Crippen molar-refractivity contribution in [1.29, 1.82) is 0 Å². The molecule has 0 bridgehead atoms. The quantitative estimate of drug-likeness (QED) is 0.677. The molecule has 3 aromatic rings. The summed E-state index contributed by atoms with van der Waals surface area (Å²) in [6.45, 7) is 1.90. The van der Waals surface area contributed by atoms with Gasteiger partial charge in [-0.2, -0.15) is 0 Å². The first-order chi connectivity index (χ1) is 12.6. The third-order valence-electron chi connectivity index (χ3n) is 3.55. The third-order valence-corrected chi connectivity index (χ3v) is 4.45. The molecule has 0 spiro atoms. The topological polar surface area (TPSA) is 68.3 Å². The SMILES string of the molecule is CCOC(=O)c1c(-c2ccc(F)cc2)csc1NC(=O)c1ccccn1. The average Bonchev–Trinajstić information content (AvgIpc) is 3.07. The van der Waals surface area contributed by atoms with Crippen LogP contribution < -0.4 is 5.32 Å². The first kappa shape index (κ1) is 17.8. The molecule has 0 aliphatic heterocycles. The molecule has 0 saturated heterocycles. The van der Waals surface area contributed by atoms with E-state index in [2.05, 4.69) is 10.3 Å². The Morgan fingerprint density at radius 2 is 1.96 bits per heavy atom. The van der Waals surface area contributed by atoms with Crippen LogP contribution in [0.3, 0.4) is 0 Å². The van der Waals surface area contributed by atoms with Crippen LogP contribution in [-0.4, -0.2) is 23.5 Å². The van der Waals surface area contributed by atoms with Crippen molar-refractivity contribution >= 4 is 28.2 Å². The van der Waals surface area contributed by atoms with Crippen LogP contribution in [0.2, 0.25) is 0 Å². The number of carbonyl (C=O) groups is 2. The number of pyridine rings is 1. The lowest BCUT2D eigenvalue weighted by Gasteiger charge is -2.08. The van der Waals surface area contributed by atoms with E-state index in [0.29, 0.717) is 16.1 Å². The molecular weight excluding hydrogens is 355 g/mol. The number of anilines is 1. The van der Waals surface area contributed by atoms with Gasteiger partial charge in [0.05, 0.1) is 6.61 Å². The molecule has 132 valence electrons. The Morgan fingerprint density at radius 3 is 2.62 bits per heavy atom. The van der Waals surface area contributed by atoms with Crippen LogP contribution >= 0.6 is 11.3 Å². The van der Waals surface area contributed by atoms with E-state index in [4.69, 9.17) is 4.74 Å². The zero-order valence-electron chi connectivity index (χ0n) is 13.9. The molecule has 26 heavy (non-hydrogen) atoms. The fourth-order valence-electron chi connectivity index (χ4n) is 2.36. The second-order valence-electron chi connectivity index (χ2n) is 5.25. The summed E-state index contributed by atoms with van der Waals surface area (Å²) in [5, 5.41) is 4.80. The number of esters is 1. The van der Waals surface area contributed by atoms with Gasteiger partial charge < -0.3 is 10.1 Å². The van der Waals surface area contributed by atoms with Crippen LogP contribution in [-0.2, 0) is 4.74 Å². The van der Waals surface area contributed by atoms with Crippen LogP contribution in [0, 0.1) is 5.82 Å². The predicted molar refractivity (Wildman–Crippen MR) is 97.9 cm³/mol. The molecule has 0 aliphatic carbocycles. The van der Waals surface area contributed by atoms with E-state index in [1.165, 1.54) is 29.7 Å². The summed E-state index contributed by atoms with van der Waals surface area (Å²) in [5.41, 5.74) is 1.71. The van der Waals surface area contributed by atoms with Gasteiger partial charge in [0.1, 0.15) is 22.1 Å². The highest BCUT2D eigenvalue weighted by atomic mass is 32.1. The molecule has 2 aromatic heterocycles. The highest BCUT2D eigenvalue weighted by molar-refractivity contribution is 7.15. The first-order valence-electron chi connectivity index (χ1n) is 7.87. The summed E-state index contributed by atoms with van der Waals surface area (Å²) in [4.78, 5) is 28.8. The number of nitrogens with zero attached hydrogens (tertiary/aromatic N) is 1. The molecule has 1 N–H and O–H groups in total. The van der Waals surface area contributed by atoms with Crippen LogP contribution in [0.15, 0.2) is 54.0 Å². The van der Waals surface area contributed by atoms with Gasteiger partial charge in [0, 0.05) is 17.1 Å². The summed E-state index contributed by atoms with van der Waals surface area (Å²) in [7, 11) is 0. The van der Waals surface area contributed by atoms with Crippen molar-refractivity contribution in [3.8, 4) is 11.1 Å². The van der Waals surface area contributed by atoms with Gasteiger partial charge in [-0.3, -0.25) is 9.78 Å². The summed E-state index contributed by atoms with van der Waals surface area (Å²) in [6, 6.07) is 10.8. The van der Waals surface area contributed by atoms with Crippen LogP contribution in [0.1, 0.15) is 27.8 Å². The second kappa shape index (κ2) is 7.88. The van der Waals surface area contributed by atoms with Crippen molar-refractivity contribution in [3.63, 3.8) is 0 Å². The number of rotatable bonds is 5. The maximum absolute atomic E-state index is 13.2. The zero-order chi connectivity index (χ0) is 18.5. The lowest BCUT2D eigenvalue weighted by atomic mass is 10.0. The number of hydrogen-bond donors (Lipinski definition) is 1. The standard InChI is InChI=1S/C19H15FN2O3S/c1-2-25-19(24)16-14(12-6-8-13(20)9-7-12)11-26-18(16)22-17(23)15-5-3-4-10-21-15/h3-11H,2H2,1H3,(H,22,23). The molecule has 0 saturated carbocycles. The Morgan fingerprint density at radius 1 is 1.19 bits per heavy atom. The second-order valence-corrected chi connectivity index (χ2v) is 6.13. The number of halogens is 1. The number of aromatic nitrogens is 1. The minimum Gasteiger partial charge on any atom is -0.462 e. The Hall–Kier alpha value is -3.06. The highest BCUT2D eigenvalue weighted by Crippen LogP contribution is 2.36. The Balaban J connectivity index is 1.98. The fraction of sp³-hybridized carbons (Fsp3) is 0.105. The molecule has 3 rings (SSSR count). The van der Waals surface area contributed by atoms with Crippen molar-refractivity contribution in [2.24, 2.45) is 0 Å². The number of benzene rings is 1. The van der Waals surface area contributed by atoms with E-state index < -0.39 is 11.9 Å². The van der Waals surface area contributed by atoms with Crippen molar-refractivity contribution in [3.05, 3.63) is 71.1 Å². The molecule has 2 heterocycles. The third kappa shape index (κ3) is 3.78. The molecule has 5 nitrogen and oxygen atoms in total. The molecule has 0 aliphatic rings. The summed E-state index contributed by atoms with van der Waals surface area (Å²) in [6.07, 6.45) is 1.51. The Labute approximate surface area is 153 Å². The minimum absolute atomic E-state index is 0.200. The molecular formula is C19H15FN2O3S. The van der Waals surface area contributed by atoms with Gasteiger partial charge in [-0.25, -0.2) is 9.18 Å². The molecule has 0 fully saturated rings. The molecule has 1 aromatic carbocycles. The lowest BCUT2D eigenvalue weighted by molar-refractivity contribution is 0.0529. The van der Waals surface area contributed by atoms with E-state index in [-0.39, 0.29) is 23.7 Å². The normalized spacial score (nSPS) is 10.4. The zero-order valence-corrected chi connectivity index (χ0v) is 14.7. The number of ether oxygens (including phenoxy) is 1. The van der Waals surface area contributed by atoms with E-state index >= 15 is 0 Å². The van der Waals surface area contributed by atoms with E-state index in [0.717, 1.165) is 0 Å². The van der Waals surface area contributed by atoms with E-state index in [1.54, 1.807) is 42.6 Å². The maximum Gasteiger partial charge on any atom is 0.341 e. The van der Waals surface area contributed by atoms with Gasteiger partial charge in [-0.1, -0.05) is 18.2 Å². The van der Waals surface area contributed by atoms with Crippen molar-refractivity contribution in [2.45, 2.75) is 6.92 Å². The lowest BCUT2D eigenvalue weighted by Crippen LogP contribution is -2.15. The molecule has 7 heteroatoms. The maximum atomic E-state index is 13.2. The van der Waals surface area contributed by atoms with Gasteiger partial charge in [-0.15, -0.1) is 11.3 Å². The first-order valence-corrected chi connectivity index (χ1v) is 8.75. The number of amides is 1. The fourth-order valence-corrected chi connectivity index (χ4v) is 3.31. The van der Waals surface area contributed by atoms with E-state index in [1.807, 2.05) is 0 Å². The number of nitrogens with one attached hydrogen (secondary N) is 1. The van der Waals surface area contributed by atoms with Gasteiger partial charge in [0.15, 0.2) is 0 Å². The van der Waals surface area contributed by atoms with Crippen LogP contribution in [0.5, 0.6) is 0 Å². The molecule has 0 atom stereocenters. The predicted octanol–water partition coefficient (Wildman–Crippen LogP) is 4.38. The number of hydrogen-bond acceptors (Lipinski definition) is 5. The Kier molecular flexibility index (Phi) is 5.38.